The van der Waals surface area contributed by atoms with E-state index < -0.39 is 32.5 Å². The Labute approximate surface area is 389 Å². The first-order valence-corrected chi connectivity index (χ1v) is 25.8. The van der Waals surface area contributed by atoms with Crippen LogP contribution in [-0.2, 0) is 43.9 Å². The molecule has 0 aliphatic carbocycles. The van der Waals surface area contributed by atoms with Crippen LogP contribution in [0.3, 0.4) is 0 Å². The molecule has 3 N–H and O–H groups in total. The Morgan fingerprint density at radius 1 is 0.683 bits per heavy atom. The number of phosphoric ester groups is 1. The molecule has 0 fully saturated rings. The van der Waals surface area contributed by atoms with E-state index in [1.54, 1.807) is 18.2 Å². The molecule has 0 radical (unpaired) electrons. The number of anilines is 2. The van der Waals surface area contributed by atoms with E-state index in [1.807, 2.05) is 45.4 Å². The van der Waals surface area contributed by atoms with Gasteiger partial charge in [-0.15, -0.1) is 0 Å². The number of carbonyl (C=O) groups excluding carboxylic acids is 3. The van der Waals surface area contributed by atoms with Crippen molar-refractivity contribution in [2.45, 2.75) is 161 Å². The second kappa shape index (κ2) is 33.7. The fourth-order valence-electron chi connectivity index (χ4n) is 6.84. The van der Waals surface area contributed by atoms with Crippen LogP contribution in [0.2, 0.25) is 10.0 Å². The minimum absolute atomic E-state index is 0.00406. The van der Waals surface area contributed by atoms with Gasteiger partial charge in [0.1, 0.15) is 19.8 Å². The molecular formula is C48H79Cl2N3O9P+. The highest BCUT2D eigenvalue weighted by atomic mass is 35.5. The highest BCUT2D eigenvalue weighted by molar-refractivity contribution is 7.47. The number of quaternary nitrogens is 1. The highest BCUT2D eigenvalue weighted by Gasteiger charge is 2.27. The molecule has 15 heteroatoms. The largest absolute Gasteiger partial charge is 0.472 e. The molecule has 0 aliphatic heterocycles. The van der Waals surface area contributed by atoms with Crippen LogP contribution in [-0.4, -0.2) is 87.4 Å². The zero-order valence-electron chi connectivity index (χ0n) is 38.8. The summed E-state index contributed by atoms with van der Waals surface area (Å²) in [4.78, 5) is 48.4. The predicted molar refractivity (Wildman–Crippen MR) is 256 cm³/mol. The van der Waals surface area contributed by atoms with E-state index in [-0.39, 0.29) is 38.4 Å². The maximum absolute atomic E-state index is 12.8. The van der Waals surface area contributed by atoms with Gasteiger partial charge in [0, 0.05) is 25.1 Å². The average molecular weight is 944 g/mol. The van der Waals surface area contributed by atoms with Crippen LogP contribution in [0.25, 0.3) is 0 Å². The van der Waals surface area contributed by atoms with Crippen molar-refractivity contribution in [3.05, 3.63) is 58.1 Å². The first kappa shape index (κ1) is 56.4. The maximum atomic E-state index is 12.8. The maximum Gasteiger partial charge on any atom is 0.472 e. The number of halogens is 2. The van der Waals surface area contributed by atoms with Crippen LogP contribution < -0.4 is 10.6 Å². The second-order valence-electron chi connectivity index (χ2n) is 17.5. The Kier molecular flexibility index (Phi) is 30.2. The van der Waals surface area contributed by atoms with Crippen molar-refractivity contribution in [2.75, 3.05) is 59.4 Å². The third kappa shape index (κ3) is 29.5. The third-order valence-electron chi connectivity index (χ3n) is 10.6. The number of likely N-dealkylation sites (N-methyl/N-ethyl adjacent to an activating group) is 1. The molecular weight excluding hydrogens is 864 g/mol. The van der Waals surface area contributed by atoms with E-state index in [9.17, 15) is 23.8 Å². The minimum Gasteiger partial charge on any atom is -0.462 e. The molecule has 0 heterocycles. The molecule has 0 aliphatic rings. The average Bonchev–Trinajstić information content (AvgIpc) is 3.22. The zero-order valence-corrected chi connectivity index (χ0v) is 41.2. The van der Waals surface area contributed by atoms with Gasteiger partial charge in [0.15, 0.2) is 6.10 Å². The molecule has 2 atom stereocenters. The van der Waals surface area contributed by atoms with E-state index in [0.29, 0.717) is 46.1 Å². The monoisotopic (exact) mass is 942 g/mol. The van der Waals surface area contributed by atoms with E-state index in [4.69, 9.17) is 41.7 Å². The molecule has 0 saturated heterocycles. The number of rotatable bonds is 38. The fraction of sp³-hybridized carbons (Fsp3) is 0.688. The number of phosphoric acid groups is 1. The fourth-order valence-corrected chi connectivity index (χ4v) is 8.07. The van der Waals surface area contributed by atoms with Crippen LogP contribution >= 0.6 is 31.0 Å². The Bertz CT molecular complexity index is 1610. The number of benzene rings is 2. The summed E-state index contributed by atoms with van der Waals surface area (Å²) >= 11 is 12.7. The van der Waals surface area contributed by atoms with E-state index >= 15 is 0 Å². The van der Waals surface area contributed by atoms with Crippen molar-refractivity contribution >= 4 is 60.2 Å². The van der Waals surface area contributed by atoms with E-state index in [1.165, 1.54) is 70.6 Å². The third-order valence-corrected chi connectivity index (χ3v) is 12.2. The molecule has 0 aromatic heterocycles. The minimum atomic E-state index is -4.43. The summed E-state index contributed by atoms with van der Waals surface area (Å²) in [5.41, 5.74) is 2.15. The number of esters is 2. The number of nitrogens with one attached hydrogen (secondary N) is 2. The lowest BCUT2D eigenvalue weighted by Crippen LogP contribution is -2.37. The summed E-state index contributed by atoms with van der Waals surface area (Å²) in [6, 6.07) is 12.8. The number of para-hydroxylation sites is 2. The van der Waals surface area contributed by atoms with Gasteiger partial charge in [-0.1, -0.05) is 164 Å². The Morgan fingerprint density at radius 3 is 1.78 bits per heavy atom. The standard InChI is InChI=1S/C48H78Cl2N3O9P/c1-5-6-7-8-9-10-11-12-13-14-15-16-17-19-22-32-46(55)59-38-41(39-61-63(57,58)60-36-35-53(2,3)4)62-47(56)33-23-20-18-21-26-34-51-45(54)37-40-28-24-25-31-44(40)52-48-42(49)29-27-30-43(48)50/h24-25,27-31,41,52H,5-23,26,32-39H2,1-4H3,(H-,51,54,57,58)/p+1/t41-/m1/s1. The van der Waals surface area contributed by atoms with Gasteiger partial charge in [-0.25, -0.2) is 4.57 Å². The van der Waals surface area contributed by atoms with Gasteiger partial charge < -0.3 is 29.5 Å². The predicted octanol–water partition coefficient (Wildman–Crippen LogP) is 12.3. The van der Waals surface area contributed by atoms with E-state index in [2.05, 4.69) is 17.6 Å². The summed E-state index contributed by atoms with van der Waals surface area (Å²) in [7, 11) is 1.36. The quantitative estimate of drug-likeness (QED) is 0.0257. The lowest BCUT2D eigenvalue weighted by Gasteiger charge is -2.24. The van der Waals surface area contributed by atoms with Crippen LogP contribution in [0, 0.1) is 0 Å². The Hall–Kier alpha value is -2.70. The first-order valence-electron chi connectivity index (χ1n) is 23.5. The number of nitrogens with zero attached hydrogens (tertiary/aromatic N) is 1. The molecule has 0 spiro atoms. The SMILES string of the molecule is CCCCCCCCCCCCCCCCCC(=O)OC[C@H](COP(=O)(O)OCC[N+](C)(C)C)OC(=O)CCCCCCCNC(=O)Cc1ccccc1Nc1c(Cl)cccc1Cl. The van der Waals surface area contributed by atoms with Crippen molar-refractivity contribution in [1.82, 2.24) is 5.32 Å². The van der Waals surface area contributed by atoms with Gasteiger partial charge in [0.25, 0.3) is 0 Å². The van der Waals surface area contributed by atoms with Crippen LogP contribution in [0.15, 0.2) is 42.5 Å². The second-order valence-corrected chi connectivity index (χ2v) is 19.8. The number of hydrogen-bond acceptors (Lipinski definition) is 9. The molecule has 2 rings (SSSR count). The zero-order chi connectivity index (χ0) is 46.2. The molecule has 1 unspecified atom stereocenters. The van der Waals surface area contributed by atoms with Gasteiger partial charge >= 0.3 is 19.8 Å². The number of ether oxygens (including phenoxy) is 2. The molecule has 2 aromatic rings. The van der Waals surface area contributed by atoms with Gasteiger partial charge in [0.2, 0.25) is 5.91 Å². The Morgan fingerprint density at radius 2 is 1.21 bits per heavy atom. The van der Waals surface area contributed by atoms with Crippen LogP contribution in [0.4, 0.5) is 11.4 Å². The Balaban J connectivity index is 1.66. The highest BCUT2D eigenvalue weighted by Crippen LogP contribution is 2.43. The summed E-state index contributed by atoms with van der Waals surface area (Å²) in [6.45, 7) is 2.51. The summed E-state index contributed by atoms with van der Waals surface area (Å²) in [5, 5.41) is 7.21. The topological polar surface area (TPSA) is 149 Å². The molecule has 0 bridgehead atoms. The van der Waals surface area contributed by atoms with Gasteiger partial charge in [-0.05, 0) is 43.0 Å². The normalized spacial score (nSPS) is 13.0. The molecule has 12 nitrogen and oxygen atoms in total. The van der Waals surface area contributed by atoms with Gasteiger partial charge in [0.05, 0.1) is 49.9 Å². The molecule has 358 valence electrons. The lowest BCUT2D eigenvalue weighted by molar-refractivity contribution is -0.870. The number of unbranched alkanes of at least 4 members (excludes halogenated alkanes) is 18. The van der Waals surface area contributed by atoms with E-state index in [0.717, 1.165) is 56.2 Å². The van der Waals surface area contributed by atoms with Gasteiger partial charge in [-0.2, -0.15) is 0 Å². The van der Waals surface area contributed by atoms with Crippen molar-refractivity contribution in [2.24, 2.45) is 0 Å². The lowest BCUT2D eigenvalue weighted by atomic mass is 10.0. The van der Waals surface area contributed by atoms with Gasteiger partial charge in [-0.3, -0.25) is 23.4 Å². The summed E-state index contributed by atoms with van der Waals surface area (Å²) < 4.78 is 34.4. The molecule has 63 heavy (non-hydrogen) atoms. The first-order chi connectivity index (χ1) is 30.2. The number of amides is 1. The van der Waals surface area contributed by atoms with Crippen molar-refractivity contribution in [3.8, 4) is 0 Å². The van der Waals surface area contributed by atoms with Crippen molar-refractivity contribution in [3.63, 3.8) is 0 Å². The summed E-state index contributed by atoms with van der Waals surface area (Å²) in [6.07, 6.45) is 21.8. The van der Waals surface area contributed by atoms with Crippen molar-refractivity contribution < 1.29 is 46.8 Å². The summed E-state index contributed by atoms with van der Waals surface area (Å²) in [5.74, 6) is -1.02. The number of carbonyl (C=O) groups is 3. The molecule has 0 saturated carbocycles. The van der Waals surface area contributed by atoms with Crippen LogP contribution in [0.1, 0.15) is 154 Å². The smallest absolute Gasteiger partial charge is 0.462 e. The number of hydrogen-bond donors (Lipinski definition) is 3. The molecule has 1 amide bonds. The van der Waals surface area contributed by atoms with Crippen LogP contribution in [0.5, 0.6) is 0 Å². The molecule has 2 aromatic carbocycles. The van der Waals surface area contributed by atoms with Crippen molar-refractivity contribution in [1.29, 1.82) is 0 Å².